The number of nitrogens with zero attached hydrogens (tertiary/aromatic N) is 2. The average Bonchev–Trinajstić information content (AvgIpc) is 3.12. The number of benzene rings is 2. The van der Waals surface area contributed by atoms with Gasteiger partial charge in [0.25, 0.3) is 0 Å². The molecule has 0 unspecified atom stereocenters. The van der Waals surface area contributed by atoms with Crippen LogP contribution in [0, 0.1) is 5.82 Å². The minimum absolute atomic E-state index is 0.0938. The number of halogens is 1. The number of H-pyrrole nitrogens is 1. The molecule has 2 aromatic carbocycles. The maximum absolute atomic E-state index is 13.5. The van der Waals surface area contributed by atoms with E-state index in [1.807, 2.05) is 12.1 Å². The van der Waals surface area contributed by atoms with Crippen molar-refractivity contribution in [2.24, 2.45) is 5.84 Å². The van der Waals surface area contributed by atoms with Gasteiger partial charge >= 0.3 is 0 Å². The van der Waals surface area contributed by atoms with E-state index in [4.69, 9.17) is 5.84 Å². The van der Waals surface area contributed by atoms with Crippen molar-refractivity contribution in [1.29, 1.82) is 0 Å². The lowest BCUT2D eigenvalue weighted by atomic mass is 9.66. The number of hydrogen-bond donors (Lipinski definition) is 2. The van der Waals surface area contributed by atoms with Gasteiger partial charge in [0.2, 0.25) is 0 Å². The van der Waals surface area contributed by atoms with Crippen LogP contribution in [0.15, 0.2) is 48.5 Å². The molecule has 1 fully saturated rings. The van der Waals surface area contributed by atoms with Gasteiger partial charge in [0.15, 0.2) is 0 Å². The van der Waals surface area contributed by atoms with Crippen LogP contribution in [0.2, 0.25) is 0 Å². The molecule has 1 spiro atoms. The van der Waals surface area contributed by atoms with Crippen molar-refractivity contribution >= 4 is 10.9 Å². The molecule has 4 nitrogen and oxygen atoms in total. The number of hydrogen-bond acceptors (Lipinski definition) is 3. The average molecular weight is 393 g/mol. The van der Waals surface area contributed by atoms with Crippen LogP contribution in [0.25, 0.3) is 10.9 Å². The SMILES string of the molecule is CN(C)[C@]1(c2ccc(F)cc2)CC[C@]2(CC1)c1[nH]c3ccccc3c1CCN2N. The maximum atomic E-state index is 13.5. The molecule has 2 heterocycles. The lowest BCUT2D eigenvalue weighted by molar-refractivity contribution is -0.0238. The summed E-state index contributed by atoms with van der Waals surface area (Å²) in [6.07, 6.45) is 4.88. The van der Waals surface area contributed by atoms with Gasteiger partial charge in [0.05, 0.1) is 5.54 Å². The standard InChI is InChI=1S/C24H29FN4/c1-28(2)23(17-7-9-18(25)10-8-17)12-14-24(15-13-23)22-20(11-16-29(24)26)19-5-3-4-6-21(19)27-22/h3-10,27H,11-16,26H2,1-2H3/t23-,24+. The smallest absolute Gasteiger partial charge is 0.123 e. The topological polar surface area (TPSA) is 48.3 Å². The Labute approximate surface area is 171 Å². The summed E-state index contributed by atoms with van der Waals surface area (Å²) in [6, 6.07) is 15.6. The Hall–Kier alpha value is -2.21. The molecule has 3 N–H and O–H groups in total. The highest BCUT2D eigenvalue weighted by atomic mass is 19.1. The van der Waals surface area contributed by atoms with E-state index in [9.17, 15) is 4.39 Å². The second kappa shape index (κ2) is 6.66. The van der Waals surface area contributed by atoms with Gasteiger partial charge in [0, 0.05) is 28.7 Å². The Bertz CT molecular complexity index is 1030. The van der Waals surface area contributed by atoms with E-state index in [0.29, 0.717) is 0 Å². The third kappa shape index (κ3) is 2.68. The third-order valence-corrected chi connectivity index (χ3v) is 7.57. The first kappa shape index (κ1) is 18.8. The van der Waals surface area contributed by atoms with E-state index in [1.165, 1.54) is 27.7 Å². The van der Waals surface area contributed by atoms with E-state index < -0.39 is 0 Å². The number of nitrogens with two attached hydrogens (primary N) is 1. The van der Waals surface area contributed by atoms with Crippen LogP contribution in [0.1, 0.15) is 42.5 Å². The summed E-state index contributed by atoms with van der Waals surface area (Å²) in [5.74, 6) is 6.47. The van der Waals surface area contributed by atoms with Crippen molar-refractivity contribution in [2.45, 2.75) is 43.2 Å². The monoisotopic (exact) mass is 392 g/mol. The largest absolute Gasteiger partial charge is 0.357 e. The molecule has 152 valence electrons. The van der Waals surface area contributed by atoms with E-state index in [1.54, 1.807) is 12.1 Å². The van der Waals surface area contributed by atoms with Crippen molar-refractivity contribution in [3.8, 4) is 0 Å². The van der Waals surface area contributed by atoms with Crippen LogP contribution >= 0.6 is 0 Å². The van der Waals surface area contributed by atoms with Crippen LogP contribution in [0.4, 0.5) is 4.39 Å². The van der Waals surface area contributed by atoms with E-state index in [0.717, 1.165) is 38.6 Å². The summed E-state index contributed by atoms with van der Waals surface area (Å²) in [5, 5.41) is 3.41. The van der Waals surface area contributed by atoms with Crippen molar-refractivity contribution in [3.05, 3.63) is 71.2 Å². The molecule has 0 bridgehead atoms. The molecule has 1 aliphatic carbocycles. The highest BCUT2D eigenvalue weighted by molar-refractivity contribution is 5.85. The molecule has 2 aliphatic rings. The van der Waals surface area contributed by atoms with E-state index >= 15 is 0 Å². The molecule has 1 saturated carbocycles. The molecular formula is C24H29FN4. The Kier molecular flexibility index (Phi) is 4.32. The lowest BCUT2D eigenvalue weighted by Crippen LogP contribution is -2.59. The van der Waals surface area contributed by atoms with Gasteiger partial charge in [-0.2, -0.15) is 0 Å². The molecule has 1 aromatic heterocycles. The van der Waals surface area contributed by atoms with E-state index in [2.05, 4.69) is 53.3 Å². The normalized spacial score (nSPS) is 27.6. The molecular weight excluding hydrogens is 363 g/mol. The first-order valence-electron chi connectivity index (χ1n) is 10.5. The fourth-order valence-corrected chi connectivity index (χ4v) is 5.82. The number of hydrazine groups is 1. The van der Waals surface area contributed by atoms with Gasteiger partial charge in [-0.05, 0) is 75.5 Å². The van der Waals surface area contributed by atoms with Crippen LogP contribution < -0.4 is 5.84 Å². The number of nitrogens with one attached hydrogen (secondary N) is 1. The highest BCUT2D eigenvalue weighted by Gasteiger charge is 2.51. The molecule has 0 saturated heterocycles. The number of fused-ring (bicyclic) bond motifs is 4. The zero-order chi connectivity index (χ0) is 20.2. The minimum Gasteiger partial charge on any atom is -0.357 e. The predicted octanol–water partition coefficient (Wildman–Crippen LogP) is 4.27. The summed E-state index contributed by atoms with van der Waals surface area (Å²) in [5.41, 5.74) is 4.88. The molecule has 0 radical (unpaired) electrons. The zero-order valence-corrected chi connectivity index (χ0v) is 17.2. The summed E-state index contributed by atoms with van der Waals surface area (Å²) >= 11 is 0. The number of aromatic nitrogens is 1. The van der Waals surface area contributed by atoms with Crippen molar-refractivity contribution in [2.75, 3.05) is 20.6 Å². The predicted molar refractivity (Wildman–Crippen MR) is 115 cm³/mol. The molecule has 0 atom stereocenters. The Morgan fingerprint density at radius 1 is 1.00 bits per heavy atom. The van der Waals surface area contributed by atoms with Crippen LogP contribution in [0.5, 0.6) is 0 Å². The summed E-state index contributed by atoms with van der Waals surface area (Å²) in [7, 11) is 4.27. The number of para-hydroxylation sites is 1. The summed E-state index contributed by atoms with van der Waals surface area (Å²) < 4.78 is 13.5. The highest BCUT2D eigenvalue weighted by Crippen LogP contribution is 2.52. The maximum Gasteiger partial charge on any atom is 0.123 e. The van der Waals surface area contributed by atoms with Gasteiger partial charge in [0.1, 0.15) is 5.82 Å². The Morgan fingerprint density at radius 3 is 2.38 bits per heavy atom. The van der Waals surface area contributed by atoms with E-state index in [-0.39, 0.29) is 16.9 Å². The van der Waals surface area contributed by atoms with Gasteiger partial charge in [-0.1, -0.05) is 30.3 Å². The fourth-order valence-electron chi connectivity index (χ4n) is 5.82. The minimum atomic E-state index is -0.182. The second-order valence-corrected chi connectivity index (χ2v) is 8.93. The lowest BCUT2D eigenvalue weighted by Gasteiger charge is -2.54. The van der Waals surface area contributed by atoms with Crippen molar-refractivity contribution < 1.29 is 4.39 Å². The van der Waals surface area contributed by atoms with Crippen molar-refractivity contribution in [3.63, 3.8) is 0 Å². The number of rotatable bonds is 2. The quantitative estimate of drug-likeness (QED) is 0.641. The van der Waals surface area contributed by atoms with Gasteiger partial charge in [-0.3, -0.25) is 10.7 Å². The zero-order valence-electron chi connectivity index (χ0n) is 17.2. The van der Waals surface area contributed by atoms with Gasteiger partial charge in [-0.25, -0.2) is 9.40 Å². The van der Waals surface area contributed by atoms with Gasteiger partial charge in [-0.15, -0.1) is 0 Å². The van der Waals surface area contributed by atoms with Crippen LogP contribution in [-0.2, 0) is 17.5 Å². The molecule has 0 amide bonds. The first-order chi connectivity index (χ1) is 14.0. The summed E-state index contributed by atoms with van der Waals surface area (Å²) in [4.78, 5) is 6.03. The summed E-state index contributed by atoms with van der Waals surface area (Å²) in [6.45, 7) is 0.875. The molecule has 29 heavy (non-hydrogen) atoms. The fraction of sp³-hybridized carbons (Fsp3) is 0.417. The van der Waals surface area contributed by atoms with Crippen molar-refractivity contribution in [1.82, 2.24) is 14.9 Å². The Morgan fingerprint density at radius 2 is 1.69 bits per heavy atom. The van der Waals surface area contributed by atoms with Crippen LogP contribution in [-0.4, -0.2) is 35.5 Å². The first-order valence-corrected chi connectivity index (χ1v) is 10.5. The molecule has 5 rings (SSSR count). The third-order valence-electron chi connectivity index (χ3n) is 7.57. The van der Waals surface area contributed by atoms with Gasteiger partial charge < -0.3 is 4.98 Å². The van der Waals surface area contributed by atoms with Crippen LogP contribution in [0.3, 0.4) is 0 Å². The second-order valence-electron chi connectivity index (χ2n) is 8.93. The molecule has 1 aliphatic heterocycles. The molecule has 5 heteroatoms. The number of aromatic amines is 1. The molecule has 3 aromatic rings. The Balaban J connectivity index is 1.55.